The second-order valence-corrected chi connectivity index (χ2v) is 6.23. The Bertz CT molecular complexity index is 751. The third kappa shape index (κ3) is 3.47. The molecule has 2 aliphatic heterocycles. The first-order valence-electron chi connectivity index (χ1n) is 8.56. The van der Waals surface area contributed by atoms with Crippen molar-refractivity contribution in [2.75, 3.05) is 30.1 Å². The number of nitrogens with one attached hydrogen (secondary N) is 2. The van der Waals surface area contributed by atoms with E-state index in [0.717, 1.165) is 19.4 Å². The van der Waals surface area contributed by atoms with Crippen LogP contribution in [-0.4, -0.2) is 32.0 Å². The standard InChI is InChI=1S/C19H21N3O3/c23-19(21-14-8-9-17-18(11-14)25-13-24-17)20-12-16-7-4-10-22(16)15-5-2-1-3-6-15/h1-3,5-6,8-9,11,16H,4,7,10,12-13H2,(H2,20,21,23). The normalized spacial score (nSPS) is 18.2. The van der Waals surface area contributed by atoms with Crippen LogP contribution < -0.4 is 25.0 Å². The summed E-state index contributed by atoms with van der Waals surface area (Å²) in [7, 11) is 0. The van der Waals surface area contributed by atoms with Crippen molar-refractivity contribution in [1.29, 1.82) is 0 Å². The zero-order chi connectivity index (χ0) is 17.1. The molecule has 0 aromatic heterocycles. The Morgan fingerprint density at radius 3 is 2.84 bits per heavy atom. The number of hydrogen-bond acceptors (Lipinski definition) is 4. The molecule has 25 heavy (non-hydrogen) atoms. The highest BCUT2D eigenvalue weighted by atomic mass is 16.7. The maximum atomic E-state index is 12.2. The van der Waals surface area contributed by atoms with E-state index in [1.807, 2.05) is 18.2 Å². The molecule has 2 aromatic carbocycles. The number of hydrogen-bond donors (Lipinski definition) is 2. The summed E-state index contributed by atoms with van der Waals surface area (Å²) in [5.74, 6) is 1.36. The third-order valence-corrected chi connectivity index (χ3v) is 4.59. The van der Waals surface area contributed by atoms with Crippen LogP contribution in [0.4, 0.5) is 16.2 Å². The molecule has 2 aromatic rings. The predicted molar refractivity (Wildman–Crippen MR) is 96.4 cm³/mol. The molecule has 0 radical (unpaired) electrons. The minimum Gasteiger partial charge on any atom is -0.454 e. The van der Waals surface area contributed by atoms with Crippen molar-refractivity contribution in [1.82, 2.24) is 5.32 Å². The fourth-order valence-corrected chi connectivity index (χ4v) is 3.37. The number of rotatable bonds is 4. The Morgan fingerprint density at radius 1 is 1.12 bits per heavy atom. The van der Waals surface area contributed by atoms with Crippen molar-refractivity contribution in [2.24, 2.45) is 0 Å². The van der Waals surface area contributed by atoms with Crippen molar-refractivity contribution < 1.29 is 14.3 Å². The zero-order valence-corrected chi connectivity index (χ0v) is 13.9. The topological polar surface area (TPSA) is 62.8 Å². The minimum atomic E-state index is -0.209. The summed E-state index contributed by atoms with van der Waals surface area (Å²) < 4.78 is 10.6. The van der Waals surface area contributed by atoms with Crippen LogP contribution >= 0.6 is 0 Å². The van der Waals surface area contributed by atoms with Crippen LogP contribution in [0.25, 0.3) is 0 Å². The van der Waals surface area contributed by atoms with Crippen LogP contribution in [0.1, 0.15) is 12.8 Å². The molecule has 0 spiro atoms. The van der Waals surface area contributed by atoms with Gasteiger partial charge in [0.2, 0.25) is 6.79 Å². The second-order valence-electron chi connectivity index (χ2n) is 6.23. The van der Waals surface area contributed by atoms with Gasteiger partial charge in [0.15, 0.2) is 11.5 Å². The summed E-state index contributed by atoms with van der Waals surface area (Å²) in [5, 5.41) is 5.82. The van der Waals surface area contributed by atoms with Crippen LogP contribution in [0.2, 0.25) is 0 Å². The number of ether oxygens (including phenoxy) is 2. The molecule has 1 saturated heterocycles. The molecule has 0 bridgehead atoms. The molecule has 1 unspecified atom stereocenters. The Kier molecular flexibility index (Phi) is 4.33. The summed E-state index contributed by atoms with van der Waals surface area (Å²) in [5.41, 5.74) is 1.90. The number of benzene rings is 2. The number of carbonyl (C=O) groups is 1. The predicted octanol–water partition coefficient (Wildman–Crippen LogP) is 3.21. The number of amides is 2. The van der Waals surface area contributed by atoms with Gasteiger partial charge in [-0.25, -0.2) is 4.79 Å². The van der Waals surface area contributed by atoms with Crippen molar-refractivity contribution in [3.05, 3.63) is 48.5 Å². The molecule has 6 nitrogen and oxygen atoms in total. The van der Waals surface area contributed by atoms with E-state index in [1.54, 1.807) is 18.2 Å². The van der Waals surface area contributed by atoms with Gasteiger partial charge in [0.1, 0.15) is 0 Å². The van der Waals surface area contributed by atoms with Crippen LogP contribution in [0.5, 0.6) is 11.5 Å². The van der Waals surface area contributed by atoms with E-state index in [4.69, 9.17) is 9.47 Å². The lowest BCUT2D eigenvalue weighted by molar-refractivity contribution is 0.174. The second kappa shape index (κ2) is 6.93. The maximum Gasteiger partial charge on any atom is 0.319 e. The largest absolute Gasteiger partial charge is 0.454 e. The molecule has 2 aliphatic rings. The monoisotopic (exact) mass is 339 g/mol. The lowest BCUT2D eigenvalue weighted by atomic mass is 10.2. The van der Waals surface area contributed by atoms with Crippen molar-refractivity contribution >= 4 is 17.4 Å². The lowest BCUT2D eigenvalue weighted by Crippen LogP contribution is -2.41. The summed E-state index contributed by atoms with van der Waals surface area (Å²) in [4.78, 5) is 14.6. The number of anilines is 2. The highest BCUT2D eigenvalue weighted by Crippen LogP contribution is 2.34. The molecule has 1 atom stereocenters. The van der Waals surface area contributed by atoms with E-state index >= 15 is 0 Å². The van der Waals surface area contributed by atoms with E-state index in [-0.39, 0.29) is 12.8 Å². The van der Waals surface area contributed by atoms with Gasteiger partial charge in [0.25, 0.3) is 0 Å². The number of para-hydroxylation sites is 1. The Balaban J connectivity index is 1.32. The molecule has 2 heterocycles. The van der Waals surface area contributed by atoms with Gasteiger partial charge in [-0.1, -0.05) is 18.2 Å². The average Bonchev–Trinajstić information content (AvgIpc) is 3.29. The molecule has 2 amide bonds. The number of fused-ring (bicyclic) bond motifs is 1. The van der Waals surface area contributed by atoms with Gasteiger partial charge in [-0.2, -0.15) is 0 Å². The van der Waals surface area contributed by atoms with Crippen molar-refractivity contribution in [2.45, 2.75) is 18.9 Å². The van der Waals surface area contributed by atoms with E-state index in [9.17, 15) is 4.79 Å². The Labute approximate surface area is 146 Å². The minimum absolute atomic E-state index is 0.209. The number of nitrogens with zero attached hydrogens (tertiary/aromatic N) is 1. The Hall–Kier alpha value is -2.89. The highest BCUT2D eigenvalue weighted by Gasteiger charge is 2.25. The van der Waals surface area contributed by atoms with Gasteiger partial charge >= 0.3 is 6.03 Å². The first-order chi connectivity index (χ1) is 12.3. The SMILES string of the molecule is O=C(NCC1CCCN1c1ccccc1)Nc1ccc2c(c1)OCO2. The molecule has 0 saturated carbocycles. The van der Waals surface area contributed by atoms with Gasteiger partial charge < -0.3 is 25.0 Å². The fraction of sp³-hybridized carbons (Fsp3) is 0.316. The molecule has 2 N–H and O–H groups in total. The van der Waals surface area contributed by atoms with E-state index in [2.05, 4.69) is 27.7 Å². The van der Waals surface area contributed by atoms with Crippen molar-refractivity contribution in [3.63, 3.8) is 0 Å². The quantitative estimate of drug-likeness (QED) is 0.898. The van der Waals surface area contributed by atoms with Gasteiger partial charge in [0, 0.05) is 36.6 Å². The van der Waals surface area contributed by atoms with Gasteiger partial charge in [-0.05, 0) is 37.1 Å². The lowest BCUT2D eigenvalue weighted by Gasteiger charge is -2.27. The molecular weight excluding hydrogens is 318 g/mol. The van der Waals surface area contributed by atoms with Crippen LogP contribution in [0.15, 0.2) is 48.5 Å². The summed E-state index contributed by atoms with van der Waals surface area (Å²) >= 11 is 0. The number of carbonyl (C=O) groups excluding carboxylic acids is 1. The first-order valence-corrected chi connectivity index (χ1v) is 8.56. The Morgan fingerprint density at radius 2 is 1.96 bits per heavy atom. The average molecular weight is 339 g/mol. The molecule has 4 rings (SSSR count). The summed E-state index contributed by atoms with van der Waals surface area (Å²) in [6, 6.07) is 15.8. The molecule has 0 aliphatic carbocycles. The smallest absolute Gasteiger partial charge is 0.319 e. The summed E-state index contributed by atoms with van der Waals surface area (Å²) in [6.07, 6.45) is 2.23. The van der Waals surface area contributed by atoms with E-state index in [0.29, 0.717) is 29.8 Å². The van der Waals surface area contributed by atoms with Crippen molar-refractivity contribution in [3.8, 4) is 11.5 Å². The highest BCUT2D eigenvalue weighted by molar-refractivity contribution is 5.89. The molecular formula is C19H21N3O3. The van der Waals surface area contributed by atoms with Crippen LogP contribution in [-0.2, 0) is 0 Å². The van der Waals surface area contributed by atoms with Gasteiger partial charge in [0.05, 0.1) is 0 Å². The molecule has 130 valence electrons. The first kappa shape index (κ1) is 15.6. The van der Waals surface area contributed by atoms with E-state index < -0.39 is 0 Å². The zero-order valence-electron chi connectivity index (χ0n) is 13.9. The van der Waals surface area contributed by atoms with Crippen LogP contribution in [0, 0.1) is 0 Å². The maximum absolute atomic E-state index is 12.2. The summed E-state index contributed by atoms with van der Waals surface area (Å²) in [6.45, 7) is 1.87. The fourth-order valence-electron chi connectivity index (χ4n) is 3.37. The molecule has 6 heteroatoms. The van der Waals surface area contributed by atoms with Gasteiger partial charge in [-0.15, -0.1) is 0 Å². The van der Waals surface area contributed by atoms with Crippen LogP contribution in [0.3, 0.4) is 0 Å². The van der Waals surface area contributed by atoms with Gasteiger partial charge in [-0.3, -0.25) is 0 Å². The third-order valence-electron chi connectivity index (χ3n) is 4.59. The van der Waals surface area contributed by atoms with E-state index in [1.165, 1.54) is 5.69 Å². The number of urea groups is 1. The molecule has 1 fully saturated rings.